The van der Waals surface area contributed by atoms with Gasteiger partial charge >= 0.3 is 19.1 Å². The average molecular weight is 360 g/mol. The second kappa shape index (κ2) is 5.66. The lowest BCUT2D eigenvalue weighted by Crippen LogP contribution is -2.24. The quantitative estimate of drug-likeness (QED) is 0.637. The number of nitrogens with two attached hydrogens (primary N) is 2. The lowest BCUT2D eigenvalue weighted by atomic mass is 10.2. The second-order valence-electron chi connectivity index (χ2n) is 3.68. The van der Waals surface area contributed by atoms with E-state index in [0.717, 1.165) is 0 Å². The molecule has 0 aliphatic rings. The Hall–Kier alpha value is -2.41. The molecule has 1 aromatic carbocycles. The Bertz CT molecular complexity index is 580. The van der Waals surface area contributed by atoms with E-state index in [1.54, 1.807) is 0 Å². The number of nitrogen functional groups attached to an aromatic ring is 2. The fourth-order valence-corrected chi connectivity index (χ4v) is 1.30. The maximum Gasteiger partial charge on any atom is 0.573 e. The van der Waals surface area contributed by atoms with Gasteiger partial charge in [-0.2, -0.15) is 0 Å². The van der Waals surface area contributed by atoms with E-state index >= 15 is 0 Å². The van der Waals surface area contributed by atoms with Gasteiger partial charge in [0.1, 0.15) is 5.69 Å². The Labute approximate surface area is 120 Å². The Morgan fingerprint density at radius 1 is 0.652 bits per heavy atom. The van der Waals surface area contributed by atoms with Gasteiger partial charge < -0.3 is 25.7 Å². The molecule has 0 aliphatic heterocycles. The van der Waals surface area contributed by atoms with Crippen LogP contribution in [0.15, 0.2) is 6.07 Å². The molecule has 0 amide bonds. The Balaban J connectivity index is 3.49. The minimum atomic E-state index is -5.60. The van der Waals surface area contributed by atoms with Gasteiger partial charge in [0.05, 0.1) is 5.69 Å². The highest BCUT2D eigenvalue weighted by atomic mass is 19.4. The van der Waals surface area contributed by atoms with Crippen LogP contribution in [0.1, 0.15) is 0 Å². The van der Waals surface area contributed by atoms with Crippen LogP contribution in [0, 0.1) is 0 Å². The van der Waals surface area contributed by atoms with Gasteiger partial charge in [-0.1, -0.05) is 0 Å². The van der Waals surface area contributed by atoms with Gasteiger partial charge in [-0.3, -0.25) is 0 Å². The lowest BCUT2D eigenvalue weighted by Gasteiger charge is -2.20. The molecule has 1 aromatic rings. The molecule has 0 spiro atoms. The first kappa shape index (κ1) is 18.6. The molecule has 4 N–H and O–H groups in total. The SMILES string of the molecule is Nc1cc(OC(F)(F)F)c(N)c(OC(F)(F)F)c1OC(F)(F)F. The summed E-state index contributed by atoms with van der Waals surface area (Å²) in [7, 11) is 0. The molecule has 0 unspecified atom stereocenters. The third kappa shape index (κ3) is 5.71. The Morgan fingerprint density at radius 2 is 1.04 bits per heavy atom. The highest BCUT2D eigenvalue weighted by molar-refractivity contribution is 5.77. The number of anilines is 2. The molecule has 14 heteroatoms. The van der Waals surface area contributed by atoms with Crippen LogP contribution in [-0.2, 0) is 0 Å². The molecule has 5 nitrogen and oxygen atoms in total. The zero-order valence-corrected chi connectivity index (χ0v) is 10.4. The average Bonchev–Trinajstić information content (AvgIpc) is 2.25. The maximum absolute atomic E-state index is 12.2. The van der Waals surface area contributed by atoms with Crippen LogP contribution in [0.3, 0.4) is 0 Å². The van der Waals surface area contributed by atoms with Gasteiger partial charge in [0.15, 0.2) is 11.5 Å². The number of hydrogen-bond donors (Lipinski definition) is 2. The van der Waals surface area contributed by atoms with Crippen molar-refractivity contribution in [2.24, 2.45) is 0 Å². The van der Waals surface area contributed by atoms with Crippen molar-refractivity contribution in [2.45, 2.75) is 19.1 Å². The van der Waals surface area contributed by atoms with E-state index in [2.05, 4.69) is 14.2 Å². The van der Waals surface area contributed by atoms with E-state index in [4.69, 9.17) is 11.5 Å². The molecule has 0 radical (unpaired) electrons. The van der Waals surface area contributed by atoms with E-state index in [9.17, 15) is 39.5 Å². The lowest BCUT2D eigenvalue weighted by molar-refractivity contribution is -0.287. The van der Waals surface area contributed by atoms with Crippen molar-refractivity contribution in [1.29, 1.82) is 0 Å². The molecule has 0 saturated carbocycles. The predicted molar refractivity (Wildman–Crippen MR) is 55.3 cm³/mol. The minimum absolute atomic E-state index is 0.104. The molecule has 0 heterocycles. The summed E-state index contributed by atoms with van der Waals surface area (Å²) >= 11 is 0. The zero-order valence-electron chi connectivity index (χ0n) is 10.4. The number of benzene rings is 1. The van der Waals surface area contributed by atoms with Gasteiger partial charge in [0.2, 0.25) is 5.75 Å². The topological polar surface area (TPSA) is 79.7 Å². The van der Waals surface area contributed by atoms with Crippen LogP contribution in [0.5, 0.6) is 17.2 Å². The molecular weight excluding hydrogens is 355 g/mol. The Kier molecular flexibility index (Phi) is 4.59. The number of halogens is 9. The molecule has 0 saturated heterocycles. The van der Waals surface area contributed by atoms with E-state index in [1.165, 1.54) is 0 Å². The summed E-state index contributed by atoms with van der Waals surface area (Å²) in [5.74, 6) is -5.18. The first-order valence-electron chi connectivity index (χ1n) is 5.08. The van der Waals surface area contributed by atoms with E-state index in [1.807, 2.05) is 0 Å². The third-order valence-electron chi connectivity index (χ3n) is 1.93. The first-order valence-corrected chi connectivity index (χ1v) is 5.08. The molecule has 0 aliphatic carbocycles. The largest absolute Gasteiger partial charge is 0.573 e. The third-order valence-corrected chi connectivity index (χ3v) is 1.93. The summed E-state index contributed by atoms with van der Waals surface area (Å²) in [6.07, 6.45) is -16.5. The Morgan fingerprint density at radius 3 is 1.43 bits per heavy atom. The van der Waals surface area contributed by atoms with Crippen LogP contribution in [0.4, 0.5) is 50.9 Å². The fraction of sp³-hybridized carbons (Fsp3) is 0.333. The number of ether oxygens (including phenoxy) is 3. The van der Waals surface area contributed by atoms with Crippen molar-refractivity contribution < 1.29 is 53.7 Å². The van der Waals surface area contributed by atoms with Crippen molar-refractivity contribution in [3.63, 3.8) is 0 Å². The van der Waals surface area contributed by atoms with Gasteiger partial charge in [0.25, 0.3) is 0 Å². The molecule has 0 bridgehead atoms. The molecule has 23 heavy (non-hydrogen) atoms. The summed E-state index contributed by atoms with van der Waals surface area (Å²) in [4.78, 5) is 0. The van der Waals surface area contributed by atoms with Gasteiger partial charge in [-0.25, -0.2) is 0 Å². The van der Waals surface area contributed by atoms with Gasteiger partial charge in [0, 0.05) is 6.07 Å². The van der Waals surface area contributed by atoms with Crippen molar-refractivity contribution >= 4 is 11.4 Å². The summed E-state index contributed by atoms with van der Waals surface area (Å²) in [6, 6.07) is 0.104. The maximum atomic E-state index is 12.2. The van der Waals surface area contributed by atoms with E-state index < -0.39 is 47.7 Å². The van der Waals surface area contributed by atoms with Gasteiger partial charge in [-0.15, -0.1) is 39.5 Å². The van der Waals surface area contributed by atoms with Crippen LogP contribution >= 0.6 is 0 Å². The molecule has 1 rings (SSSR count). The van der Waals surface area contributed by atoms with Crippen LogP contribution in [0.25, 0.3) is 0 Å². The molecule has 0 fully saturated rings. The van der Waals surface area contributed by atoms with E-state index in [-0.39, 0.29) is 6.07 Å². The first-order chi connectivity index (χ1) is 10.1. The van der Waals surface area contributed by atoms with Gasteiger partial charge in [-0.05, 0) is 0 Å². The van der Waals surface area contributed by atoms with Crippen LogP contribution < -0.4 is 25.7 Å². The number of hydrogen-bond acceptors (Lipinski definition) is 5. The zero-order chi connectivity index (χ0) is 18.2. The molecule has 0 atom stereocenters. The summed E-state index contributed by atoms with van der Waals surface area (Å²) in [6.45, 7) is 0. The summed E-state index contributed by atoms with van der Waals surface area (Å²) < 4.78 is 119. The van der Waals surface area contributed by atoms with E-state index in [0.29, 0.717) is 0 Å². The highest BCUT2D eigenvalue weighted by Gasteiger charge is 2.41. The van der Waals surface area contributed by atoms with Crippen molar-refractivity contribution in [2.75, 3.05) is 11.5 Å². The normalized spacial score (nSPS) is 12.9. The molecule has 132 valence electrons. The monoisotopic (exact) mass is 360 g/mol. The van der Waals surface area contributed by atoms with Crippen LogP contribution in [-0.4, -0.2) is 19.1 Å². The standard InChI is InChI=1S/C9H5F9N2O3/c10-7(11,12)21-3-1-2(19)5(22-8(13,14)15)6(4(3)20)23-9(16,17)18/h1H,19-20H2. The summed E-state index contributed by atoms with van der Waals surface area (Å²) in [5, 5.41) is 0. The highest BCUT2D eigenvalue weighted by Crippen LogP contribution is 2.49. The fourth-order valence-electron chi connectivity index (χ4n) is 1.30. The number of rotatable bonds is 3. The summed E-state index contributed by atoms with van der Waals surface area (Å²) in [5.41, 5.74) is 7.06. The predicted octanol–water partition coefficient (Wildman–Crippen LogP) is 3.55. The van der Waals surface area contributed by atoms with Crippen molar-refractivity contribution in [3.05, 3.63) is 6.07 Å². The van der Waals surface area contributed by atoms with Crippen molar-refractivity contribution in [3.8, 4) is 17.2 Å². The van der Waals surface area contributed by atoms with Crippen molar-refractivity contribution in [1.82, 2.24) is 0 Å². The smallest absolute Gasteiger partial charge is 0.403 e. The van der Waals surface area contributed by atoms with Crippen LogP contribution in [0.2, 0.25) is 0 Å². The number of alkyl halides is 9. The second-order valence-corrected chi connectivity index (χ2v) is 3.68. The minimum Gasteiger partial charge on any atom is -0.403 e. The molecule has 0 aromatic heterocycles. The molecular formula is C9H5F9N2O3.